The Kier molecular flexibility index (Phi) is 2.66. The Morgan fingerprint density at radius 1 is 1.39 bits per heavy atom. The topological polar surface area (TPSA) is 66.6 Å². The number of aliphatic carboxylic acids is 1. The number of nitrogens with zero attached hydrogens (tertiary/aromatic N) is 2. The third kappa shape index (κ3) is 1.81. The fourth-order valence-electron chi connectivity index (χ4n) is 2.40. The van der Waals surface area contributed by atoms with E-state index in [0.29, 0.717) is 24.6 Å². The summed E-state index contributed by atoms with van der Waals surface area (Å²) in [6, 6.07) is 7.37. The summed E-state index contributed by atoms with van der Waals surface area (Å²) < 4.78 is 5.64. The molecule has 0 amide bonds. The van der Waals surface area contributed by atoms with Crippen LogP contribution in [0.15, 0.2) is 28.7 Å². The fourth-order valence-corrected chi connectivity index (χ4v) is 2.40. The molecule has 0 aliphatic carbocycles. The fraction of sp³-hybridized carbons (Fsp3) is 0.385. The summed E-state index contributed by atoms with van der Waals surface area (Å²) >= 11 is 0. The van der Waals surface area contributed by atoms with Crippen LogP contribution in [0.2, 0.25) is 0 Å². The molecule has 1 unspecified atom stereocenters. The summed E-state index contributed by atoms with van der Waals surface area (Å²) in [5, 5.41) is 9.23. The number of benzene rings is 1. The van der Waals surface area contributed by atoms with Gasteiger partial charge in [0.2, 0.25) is 0 Å². The van der Waals surface area contributed by atoms with Gasteiger partial charge in [0.1, 0.15) is 11.6 Å². The van der Waals surface area contributed by atoms with Gasteiger partial charge in [0.25, 0.3) is 6.01 Å². The highest BCUT2D eigenvalue weighted by Gasteiger charge is 2.31. The van der Waals surface area contributed by atoms with Crippen molar-refractivity contribution in [1.82, 2.24) is 4.98 Å². The van der Waals surface area contributed by atoms with Crippen LogP contribution in [0.1, 0.15) is 19.3 Å². The number of aromatic nitrogens is 1. The van der Waals surface area contributed by atoms with Crippen LogP contribution in [0.5, 0.6) is 0 Å². The largest absolute Gasteiger partial charge is 0.480 e. The Morgan fingerprint density at radius 2 is 2.22 bits per heavy atom. The predicted octanol–water partition coefficient (Wildman–Crippen LogP) is 2.27. The minimum Gasteiger partial charge on any atom is -0.480 e. The van der Waals surface area contributed by atoms with Crippen LogP contribution in [0.25, 0.3) is 11.1 Å². The first-order valence-corrected chi connectivity index (χ1v) is 6.11. The maximum absolute atomic E-state index is 11.2. The Bertz CT molecular complexity index is 545. The van der Waals surface area contributed by atoms with E-state index in [1.807, 2.05) is 24.3 Å². The second-order valence-corrected chi connectivity index (χ2v) is 4.51. The minimum absolute atomic E-state index is 0.420. The number of fused-ring (bicyclic) bond motifs is 1. The lowest BCUT2D eigenvalue weighted by Gasteiger charge is -2.31. The van der Waals surface area contributed by atoms with Crippen molar-refractivity contribution in [2.24, 2.45) is 0 Å². The number of rotatable bonds is 2. The van der Waals surface area contributed by atoms with Crippen molar-refractivity contribution in [1.29, 1.82) is 0 Å². The number of hydrogen-bond donors (Lipinski definition) is 1. The molecule has 0 radical (unpaired) electrons. The molecule has 1 saturated heterocycles. The van der Waals surface area contributed by atoms with Crippen LogP contribution in [-0.2, 0) is 4.79 Å². The van der Waals surface area contributed by atoms with Crippen molar-refractivity contribution in [3.63, 3.8) is 0 Å². The zero-order valence-electron chi connectivity index (χ0n) is 9.87. The molecule has 2 aromatic rings. The molecule has 1 aromatic heterocycles. The van der Waals surface area contributed by atoms with E-state index < -0.39 is 12.0 Å². The maximum atomic E-state index is 11.2. The van der Waals surface area contributed by atoms with Gasteiger partial charge in [0.05, 0.1) is 0 Å². The monoisotopic (exact) mass is 246 g/mol. The zero-order valence-corrected chi connectivity index (χ0v) is 9.87. The van der Waals surface area contributed by atoms with Crippen LogP contribution in [0, 0.1) is 0 Å². The standard InChI is InChI=1S/C13H14N2O3/c16-12(17)10-6-3-4-8-15(10)13-14-9-5-1-2-7-11(9)18-13/h1-2,5,7,10H,3-4,6,8H2,(H,16,17). The molecule has 1 aliphatic rings. The van der Waals surface area contributed by atoms with E-state index in [4.69, 9.17) is 4.42 Å². The average molecular weight is 246 g/mol. The highest BCUT2D eigenvalue weighted by molar-refractivity contribution is 5.79. The Hall–Kier alpha value is -2.04. The molecule has 94 valence electrons. The molecule has 1 aromatic carbocycles. The van der Waals surface area contributed by atoms with Crippen molar-refractivity contribution in [2.45, 2.75) is 25.3 Å². The molecule has 5 heteroatoms. The molecule has 1 fully saturated rings. The molecule has 0 spiro atoms. The summed E-state index contributed by atoms with van der Waals surface area (Å²) in [7, 11) is 0. The van der Waals surface area contributed by atoms with E-state index in [0.717, 1.165) is 18.4 Å². The summed E-state index contributed by atoms with van der Waals surface area (Å²) in [4.78, 5) is 17.4. The van der Waals surface area contributed by atoms with Gasteiger partial charge >= 0.3 is 5.97 Å². The molecule has 1 atom stereocenters. The van der Waals surface area contributed by atoms with E-state index >= 15 is 0 Å². The molecule has 2 heterocycles. The first-order chi connectivity index (χ1) is 8.75. The molecule has 1 aliphatic heterocycles. The predicted molar refractivity (Wildman–Crippen MR) is 66.6 cm³/mol. The third-order valence-electron chi connectivity index (χ3n) is 3.32. The minimum atomic E-state index is -0.808. The highest BCUT2D eigenvalue weighted by Crippen LogP contribution is 2.27. The Balaban J connectivity index is 1.98. The first kappa shape index (κ1) is 11.1. The lowest BCUT2D eigenvalue weighted by atomic mass is 10.0. The summed E-state index contributed by atoms with van der Waals surface area (Å²) in [5.74, 6) is -0.808. The van der Waals surface area contributed by atoms with Crippen molar-refractivity contribution in [3.05, 3.63) is 24.3 Å². The number of carboxylic acids is 1. The number of carbonyl (C=O) groups is 1. The molecule has 0 saturated carbocycles. The first-order valence-electron chi connectivity index (χ1n) is 6.11. The van der Waals surface area contributed by atoms with Crippen LogP contribution in [-0.4, -0.2) is 28.6 Å². The van der Waals surface area contributed by atoms with Gasteiger partial charge in [-0.3, -0.25) is 0 Å². The number of oxazole rings is 1. The van der Waals surface area contributed by atoms with Crippen LogP contribution in [0.3, 0.4) is 0 Å². The number of piperidine rings is 1. The molecule has 1 N–H and O–H groups in total. The van der Waals surface area contributed by atoms with Crippen LogP contribution < -0.4 is 4.90 Å². The summed E-state index contributed by atoms with van der Waals surface area (Å²) in [5.41, 5.74) is 1.46. The molecule has 18 heavy (non-hydrogen) atoms. The normalized spacial score (nSPS) is 20.2. The molecule has 3 rings (SSSR count). The third-order valence-corrected chi connectivity index (χ3v) is 3.32. The van der Waals surface area contributed by atoms with Crippen molar-refractivity contribution < 1.29 is 14.3 Å². The van der Waals surface area contributed by atoms with Gasteiger partial charge in [-0.15, -0.1) is 0 Å². The van der Waals surface area contributed by atoms with Gasteiger partial charge in [-0.1, -0.05) is 12.1 Å². The summed E-state index contributed by atoms with van der Waals surface area (Å²) in [6.07, 6.45) is 2.56. The average Bonchev–Trinajstić information content (AvgIpc) is 2.82. The number of carboxylic acid groups (broad SMARTS) is 1. The lowest BCUT2D eigenvalue weighted by molar-refractivity contribution is -0.139. The van der Waals surface area contributed by atoms with Gasteiger partial charge in [0, 0.05) is 6.54 Å². The van der Waals surface area contributed by atoms with Crippen molar-refractivity contribution in [2.75, 3.05) is 11.4 Å². The highest BCUT2D eigenvalue weighted by atomic mass is 16.4. The number of hydrogen-bond acceptors (Lipinski definition) is 4. The second-order valence-electron chi connectivity index (χ2n) is 4.51. The van der Waals surface area contributed by atoms with E-state index in [1.165, 1.54) is 0 Å². The lowest BCUT2D eigenvalue weighted by Crippen LogP contribution is -2.44. The molecular weight excluding hydrogens is 232 g/mol. The zero-order chi connectivity index (χ0) is 12.5. The van der Waals surface area contributed by atoms with Gasteiger partial charge in [0.15, 0.2) is 5.58 Å². The number of para-hydroxylation sites is 2. The maximum Gasteiger partial charge on any atom is 0.326 e. The van der Waals surface area contributed by atoms with Crippen LogP contribution >= 0.6 is 0 Å². The second kappa shape index (κ2) is 4.33. The Morgan fingerprint density at radius 3 is 3.00 bits per heavy atom. The smallest absolute Gasteiger partial charge is 0.326 e. The van der Waals surface area contributed by atoms with Crippen molar-refractivity contribution >= 4 is 23.1 Å². The van der Waals surface area contributed by atoms with E-state index in [2.05, 4.69) is 4.98 Å². The molecule has 0 bridgehead atoms. The quantitative estimate of drug-likeness (QED) is 0.880. The van der Waals surface area contributed by atoms with Gasteiger partial charge < -0.3 is 14.4 Å². The Labute approximate surface area is 104 Å². The van der Waals surface area contributed by atoms with E-state index in [9.17, 15) is 9.90 Å². The summed E-state index contributed by atoms with van der Waals surface area (Å²) in [6.45, 7) is 0.684. The van der Waals surface area contributed by atoms with Gasteiger partial charge in [-0.25, -0.2) is 4.79 Å². The molecule has 5 nitrogen and oxygen atoms in total. The van der Waals surface area contributed by atoms with Crippen molar-refractivity contribution in [3.8, 4) is 0 Å². The van der Waals surface area contributed by atoms with E-state index in [1.54, 1.807) is 4.90 Å². The SMILES string of the molecule is O=C(O)C1CCCCN1c1nc2ccccc2o1. The van der Waals surface area contributed by atoms with Crippen LogP contribution in [0.4, 0.5) is 6.01 Å². The molecular formula is C13H14N2O3. The van der Waals surface area contributed by atoms with E-state index in [-0.39, 0.29) is 0 Å². The van der Waals surface area contributed by atoms with Gasteiger partial charge in [-0.2, -0.15) is 4.98 Å². The number of anilines is 1. The van der Waals surface area contributed by atoms with Gasteiger partial charge in [-0.05, 0) is 31.4 Å².